The number of aromatic carboxylic acids is 1. The third-order valence-corrected chi connectivity index (χ3v) is 6.67. The molecule has 0 aliphatic rings. The van der Waals surface area contributed by atoms with Gasteiger partial charge in [0.1, 0.15) is 11.5 Å². The lowest BCUT2D eigenvalue weighted by Crippen LogP contribution is -2.05. The van der Waals surface area contributed by atoms with Crippen LogP contribution in [0.25, 0.3) is 27.7 Å². The quantitative estimate of drug-likeness (QED) is 0.170. The lowest BCUT2D eigenvalue weighted by atomic mass is 10.00. The third kappa shape index (κ3) is 4.68. The molecule has 0 unspecified atom stereocenters. The first-order chi connectivity index (χ1) is 19.0. The molecule has 0 fully saturated rings. The van der Waals surface area contributed by atoms with Gasteiger partial charge in [0.2, 0.25) is 5.88 Å². The molecule has 1 heterocycles. The molecule has 0 radical (unpaired) electrons. The highest BCUT2D eigenvalue weighted by Crippen LogP contribution is 2.45. The standard InChI is InChI=1S/C30H21F4N3O3/c1-16-10-12-19(14-17(16)2)37-25-15-18(30(32,33)34)11-13-22(25)27(28(37)38)36-35-26-21(7-5-8-23(26)29(39)40)20-6-3-4-9-24(20)31/h3-15,38H,1-2H3,(H,39,40). The van der Waals surface area contributed by atoms with Gasteiger partial charge in [-0.15, -0.1) is 10.2 Å². The molecule has 0 aliphatic carbocycles. The Labute approximate surface area is 225 Å². The number of hydrogen-bond donors (Lipinski definition) is 2. The van der Waals surface area contributed by atoms with Crippen LogP contribution in [0.15, 0.2) is 89.1 Å². The normalized spacial score (nSPS) is 11.9. The SMILES string of the molecule is Cc1ccc(-n2c(O)c(N=Nc3c(C(=O)O)cccc3-c3ccccc3F)c3ccc(C(F)(F)F)cc32)cc1C. The maximum atomic E-state index is 14.7. The molecule has 0 atom stereocenters. The number of hydrogen-bond acceptors (Lipinski definition) is 4. The van der Waals surface area contributed by atoms with Crippen LogP contribution in [0, 0.1) is 19.7 Å². The van der Waals surface area contributed by atoms with Gasteiger partial charge < -0.3 is 10.2 Å². The Balaban J connectivity index is 1.77. The summed E-state index contributed by atoms with van der Waals surface area (Å²) in [5.41, 5.74) is 0.857. The van der Waals surface area contributed by atoms with Crippen LogP contribution in [0.5, 0.6) is 5.88 Å². The summed E-state index contributed by atoms with van der Waals surface area (Å²) < 4.78 is 56.7. The molecule has 0 spiro atoms. The zero-order chi connectivity index (χ0) is 28.8. The maximum absolute atomic E-state index is 14.7. The van der Waals surface area contributed by atoms with Crippen LogP contribution in [0.1, 0.15) is 27.0 Å². The van der Waals surface area contributed by atoms with E-state index < -0.39 is 29.4 Å². The second kappa shape index (κ2) is 9.96. The molecule has 4 aromatic carbocycles. The van der Waals surface area contributed by atoms with E-state index in [0.29, 0.717) is 5.69 Å². The number of fused-ring (bicyclic) bond motifs is 1. The first-order valence-corrected chi connectivity index (χ1v) is 12.0. The van der Waals surface area contributed by atoms with Crippen molar-refractivity contribution in [1.29, 1.82) is 0 Å². The molecule has 0 bridgehead atoms. The largest absolute Gasteiger partial charge is 0.493 e. The van der Waals surface area contributed by atoms with Crippen molar-refractivity contribution >= 4 is 28.2 Å². The minimum Gasteiger partial charge on any atom is -0.493 e. The lowest BCUT2D eigenvalue weighted by Gasteiger charge is -2.11. The molecule has 40 heavy (non-hydrogen) atoms. The fraction of sp³-hybridized carbons (Fsp3) is 0.100. The van der Waals surface area contributed by atoms with Crippen LogP contribution in [-0.4, -0.2) is 20.7 Å². The van der Waals surface area contributed by atoms with Crippen molar-refractivity contribution in [2.24, 2.45) is 10.2 Å². The van der Waals surface area contributed by atoms with Crippen LogP contribution in [0.3, 0.4) is 0 Å². The molecule has 0 amide bonds. The minimum atomic E-state index is -4.64. The number of carbonyl (C=O) groups is 1. The van der Waals surface area contributed by atoms with Crippen LogP contribution in [-0.2, 0) is 6.18 Å². The number of carboxylic acids is 1. The van der Waals surface area contributed by atoms with Gasteiger partial charge in [-0.3, -0.25) is 4.57 Å². The lowest BCUT2D eigenvalue weighted by molar-refractivity contribution is -0.137. The molecule has 6 nitrogen and oxygen atoms in total. The molecule has 202 valence electrons. The van der Waals surface area contributed by atoms with E-state index in [2.05, 4.69) is 10.2 Å². The number of alkyl halides is 3. The highest BCUT2D eigenvalue weighted by Gasteiger charge is 2.32. The molecule has 0 saturated carbocycles. The Bertz CT molecular complexity index is 1820. The molecule has 2 N–H and O–H groups in total. The van der Waals surface area contributed by atoms with Crippen molar-refractivity contribution in [2.75, 3.05) is 0 Å². The summed E-state index contributed by atoms with van der Waals surface area (Å²) in [4.78, 5) is 12.0. The van der Waals surface area contributed by atoms with Gasteiger partial charge in [-0.25, -0.2) is 9.18 Å². The number of halogens is 4. The molecular weight excluding hydrogens is 526 g/mol. The van der Waals surface area contributed by atoms with Crippen molar-refractivity contribution in [2.45, 2.75) is 20.0 Å². The molecule has 1 aromatic heterocycles. The molecule has 5 aromatic rings. The fourth-order valence-electron chi connectivity index (χ4n) is 4.48. The van der Waals surface area contributed by atoms with E-state index in [1.54, 1.807) is 24.3 Å². The van der Waals surface area contributed by atoms with Crippen LogP contribution in [0.2, 0.25) is 0 Å². The first kappa shape index (κ1) is 26.6. The zero-order valence-corrected chi connectivity index (χ0v) is 21.2. The van der Waals surface area contributed by atoms with Crippen molar-refractivity contribution in [3.05, 3.63) is 107 Å². The van der Waals surface area contributed by atoms with Gasteiger partial charge in [-0.1, -0.05) is 36.4 Å². The number of carboxylic acid groups (broad SMARTS) is 1. The smallest absolute Gasteiger partial charge is 0.416 e. The summed E-state index contributed by atoms with van der Waals surface area (Å²) in [6.07, 6.45) is -4.64. The maximum Gasteiger partial charge on any atom is 0.416 e. The van der Waals surface area contributed by atoms with Gasteiger partial charge in [0.25, 0.3) is 0 Å². The second-order valence-electron chi connectivity index (χ2n) is 9.19. The summed E-state index contributed by atoms with van der Waals surface area (Å²) >= 11 is 0. The number of aromatic nitrogens is 1. The van der Waals surface area contributed by atoms with E-state index in [4.69, 9.17) is 0 Å². The van der Waals surface area contributed by atoms with Gasteiger partial charge in [0, 0.05) is 22.2 Å². The van der Waals surface area contributed by atoms with Gasteiger partial charge in [-0.05, 0) is 67.4 Å². The van der Waals surface area contributed by atoms with Crippen molar-refractivity contribution < 1.29 is 32.6 Å². The molecular formula is C30H21F4N3O3. The van der Waals surface area contributed by atoms with Crippen LogP contribution >= 0.6 is 0 Å². The van der Waals surface area contributed by atoms with Gasteiger partial charge in [0.05, 0.1) is 16.6 Å². The fourth-order valence-corrected chi connectivity index (χ4v) is 4.48. The number of aromatic hydroxyl groups is 1. The summed E-state index contributed by atoms with van der Waals surface area (Å²) in [6.45, 7) is 3.71. The van der Waals surface area contributed by atoms with E-state index in [9.17, 15) is 32.6 Å². The summed E-state index contributed by atoms with van der Waals surface area (Å²) in [5, 5.41) is 29.4. The number of azo groups is 1. The molecule has 0 saturated heterocycles. The van der Waals surface area contributed by atoms with Gasteiger partial charge in [-0.2, -0.15) is 13.2 Å². The van der Waals surface area contributed by atoms with Gasteiger partial charge in [0.15, 0.2) is 5.69 Å². The topological polar surface area (TPSA) is 87.2 Å². The Morgan fingerprint density at radius 3 is 2.20 bits per heavy atom. The summed E-state index contributed by atoms with van der Waals surface area (Å²) in [5.74, 6) is -2.46. The zero-order valence-electron chi connectivity index (χ0n) is 21.2. The van der Waals surface area contributed by atoms with Crippen molar-refractivity contribution in [3.63, 3.8) is 0 Å². The third-order valence-electron chi connectivity index (χ3n) is 6.67. The van der Waals surface area contributed by atoms with E-state index >= 15 is 0 Å². The summed E-state index contributed by atoms with van der Waals surface area (Å²) in [6, 6.07) is 18.0. The number of nitrogens with zero attached hydrogens (tertiary/aromatic N) is 3. The van der Waals surface area contributed by atoms with Crippen molar-refractivity contribution in [3.8, 4) is 22.7 Å². The molecule has 5 rings (SSSR count). The van der Waals surface area contributed by atoms with E-state index in [0.717, 1.165) is 23.3 Å². The molecule has 0 aliphatic heterocycles. The van der Waals surface area contributed by atoms with Crippen LogP contribution in [0.4, 0.5) is 28.9 Å². The first-order valence-electron chi connectivity index (χ1n) is 12.0. The Morgan fingerprint density at radius 1 is 0.825 bits per heavy atom. The predicted molar refractivity (Wildman–Crippen MR) is 142 cm³/mol. The van der Waals surface area contributed by atoms with E-state index in [-0.39, 0.29) is 39.0 Å². The number of aryl methyl sites for hydroxylation is 2. The predicted octanol–water partition coefficient (Wildman–Crippen LogP) is 8.89. The Hall–Kier alpha value is -4.99. The second-order valence-corrected chi connectivity index (χ2v) is 9.19. The average Bonchev–Trinajstić information content (AvgIpc) is 3.19. The number of rotatable bonds is 5. The highest BCUT2D eigenvalue weighted by molar-refractivity contribution is 5.99. The number of benzene rings is 4. The molecule has 10 heteroatoms. The van der Waals surface area contributed by atoms with Gasteiger partial charge >= 0.3 is 12.1 Å². The Kier molecular flexibility index (Phi) is 6.62. The summed E-state index contributed by atoms with van der Waals surface area (Å²) in [7, 11) is 0. The van der Waals surface area contributed by atoms with Crippen molar-refractivity contribution in [1.82, 2.24) is 4.57 Å². The van der Waals surface area contributed by atoms with E-state index in [1.807, 2.05) is 13.8 Å². The van der Waals surface area contributed by atoms with Crippen LogP contribution < -0.4 is 0 Å². The Morgan fingerprint density at radius 2 is 1.52 bits per heavy atom. The average molecular weight is 548 g/mol. The minimum absolute atomic E-state index is 0.0189. The monoisotopic (exact) mass is 547 g/mol. The van der Waals surface area contributed by atoms with E-state index in [1.165, 1.54) is 47.0 Å². The highest BCUT2D eigenvalue weighted by atomic mass is 19.4.